The molecule has 2 heterocycles. The summed E-state index contributed by atoms with van der Waals surface area (Å²) in [4.78, 5) is 0. The zero-order valence-corrected chi connectivity index (χ0v) is 9.84. The van der Waals surface area contributed by atoms with Crippen molar-refractivity contribution in [2.24, 2.45) is 0 Å². The van der Waals surface area contributed by atoms with Crippen LogP contribution in [0.1, 0.15) is 6.42 Å². The summed E-state index contributed by atoms with van der Waals surface area (Å²) < 4.78 is 12.8. The van der Waals surface area contributed by atoms with E-state index in [1.807, 2.05) is 18.2 Å². The van der Waals surface area contributed by atoms with Crippen LogP contribution < -0.4 is 14.8 Å². The molecule has 15 heavy (non-hydrogen) atoms. The summed E-state index contributed by atoms with van der Waals surface area (Å²) in [6.07, 6.45) is 1.02. The summed E-state index contributed by atoms with van der Waals surface area (Å²) in [6, 6.07) is 5.88. The lowest BCUT2D eigenvalue weighted by atomic mass is 10.0. The first-order chi connectivity index (χ1) is 7.27. The summed E-state index contributed by atoms with van der Waals surface area (Å²) in [5.74, 6) is 1.69. The third-order valence-corrected chi connectivity index (χ3v) is 3.42. The normalized spacial score (nSPS) is 28.3. The van der Waals surface area contributed by atoms with Crippen molar-refractivity contribution in [2.75, 3.05) is 19.7 Å². The number of rotatable bonds is 0. The number of hydrogen-bond acceptors (Lipinski definition) is 3. The van der Waals surface area contributed by atoms with E-state index in [1.54, 1.807) is 0 Å². The Kier molecular flexibility index (Phi) is 2.14. The Morgan fingerprint density at radius 2 is 2.27 bits per heavy atom. The van der Waals surface area contributed by atoms with Crippen LogP contribution in [-0.2, 0) is 0 Å². The molecule has 1 spiro atoms. The summed E-state index contributed by atoms with van der Waals surface area (Å²) in [7, 11) is 0. The highest BCUT2D eigenvalue weighted by atomic mass is 79.9. The Labute approximate surface area is 96.9 Å². The van der Waals surface area contributed by atoms with E-state index in [0.717, 1.165) is 35.5 Å². The molecule has 1 unspecified atom stereocenters. The number of benzene rings is 1. The topological polar surface area (TPSA) is 30.5 Å². The molecule has 1 aromatic carbocycles. The fraction of sp³-hybridized carbons (Fsp3) is 0.455. The highest BCUT2D eigenvalue weighted by molar-refractivity contribution is 9.10. The van der Waals surface area contributed by atoms with Gasteiger partial charge in [-0.2, -0.15) is 0 Å². The highest BCUT2D eigenvalue weighted by Crippen LogP contribution is 2.38. The Hall–Kier alpha value is -0.740. The number of fused-ring (bicyclic) bond motifs is 1. The number of nitrogens with one attached hydrogen (secondary N) is 1. The van der Waals surface area contributed by atoms with Gasteiger partial charge in [0, 0.05) is 17.4 Å². The highest BCUT2D eigenvalue weighted by Gasteiger charge is 2.40. The molecule has 0 bridgehead atoms. The van der Waals surface area contributed by atoms with Crippen LogP contribution >= 0.6 is 15.9 Å². The van der Waals surface area contributed by atoms with Gasteiger partial charge in [0.2, 0.25) is 0 Å². The molecule has 1 atom stereocenters. The van der Waals surface area contributed by atoms with Crippen molar-refractivity contribution < 1.29 is 9.47 Å². The van der Waals surface area contributed by atoms with Gasteiger partial charge in [0.05, 0.1) is 0 Å². The first-order valence-electron chi connectivity index (χ1n) is 5.10. The smallest absolute Gasteiger partial charge is 0.162 e. The van der Waals surface area contributed by atoms with E-state index in [9.17, 15) is 0 Å². The molecular weight excluding hydrogens is 258 g/mol. The largest absolute Gasteiger partial charge is 0.485 e. The van der Waals surface area contributed by atoms with Gasteiger partial charge < -0.3 is 14.8 Å². The van der Waals surface area contributed by atoms with E-state index >= 15 is 0 Å². The van der Waals surface area contributed by atoms with Crippen molar-refractivity contribution in [1.29, 1.82) is 0 Å². The number of hydrogen-bond donors (Lipinski definition) is 1. The molecule has 3 nitrogen and oxygen atoms in total. The fourth-order valence-electron chi connectivity index (χ4n) is 2.08. The molecule has 3 rings (SSSR count). The lowest BCUT2D eigenvalue weighted by molar-refractivity contribution is 0.00743. The maximum atomic E-state index is 6.03. The predicted molar refractivity (Wildman–Crippen MR) is 60.5 cm³/mol. The second kappa shape index (κ2) is 3.39. The molecule has 0 radical (unpaired) electrons. The summed E-state index contributed by atoms with van der Waals surface area (Å²) >= 11 is 3.42. The van der Waals surface area contributed by atoms with Gasteiger partial charge in [-0.15, -0.1) is 0 Å². The molecule has 1 saturated heterocycles. The summed E-state index contributed by atoms with van der Waals surface area (Å²) in [5.41, 5.74) is -0.138. The van der Waals surface area contributed by atoms with Crippen molar-refractivity contribution in [2.45, 2.75) is 12.0 Å². The van der Waals surface area contributed by atoms with Gasteiger partial charge in [-0.25, -0.2) is 0 Å². The maximum Gasteiger partial charge on any atom is 0.162 e. The van der Waals surface area contributed by atoms with Crippen LogP contribution in [0.4, 0.5) is 0 Å². The van der Waals surface area contributed by atoms with E-state index < -0.39 is 0 Å². The van der Waals surface area contributed by atoms with E-state index in [-0.39, 0.29) is 5.60 Å². The zero-order valence-electron chi connectivity index (χ0n) is 8.25. The molecule has 0 aliphatic carbocycles. The minimum atomic E-state index is -0.138. The Morgan fingerprint density at radius 1 is 1.33 bits per heavy atom. The molecule has 4 heteroatoms. The van der Waals surface area contributed by atoms with Gasteiger partial charge >= 0.3 is 0 Å². The van der Waals surface area contributed by atoms with Crippen molar-refractivity contribution in [3.8, 4) is 11.5 Å². The van der Waals surface area contributed by atoms with Crippen LogP contribution in [0.5, 0.6) is 11.5 Å². The first kappa shape index (κ1) is 9.48. The molecule has 0 amide bonds. The second-order valence-corrected chi connectivity index (χ2v) is 5.01. The van der Waals surface area contributed by atoms with Gasteiger partial charge in [-0.05, 0) is 24.7 Å². The Bertz CT molecular complexity index is 388. The van der Waals surface area contributed by atoms with Crippen molar-refractivity contribution >= 4 is 15.9 Å². The monoisotopic (exact) mass is 269 g/mol. The van der Waals surface area contributed by atoms with E-state index in [4.69, 9.17) is 9.47 Å². The third kappa shape index (κ3) is 1.62. The van der Waals surface area contributed by atoms with Gasteiger partial charge in [0.15, 0.2) is 17.1 Å². The standard InChI is InChI=1S/C11H12BrNO2/c12-8-1-2-9-10(5-8)14-7-11(15-9)3-4-13-6-11/h1-2,5,13H,3-4,6-7H2. The number of ether oxygens (including phenoxy) is 2. The second-order valence-electron chi connectivity index (χ2n) is 4.09. The molecule has 2 aliphatic heterocycles. The molecule has 1 N–H and O–H groups in total. The molecular formula is C11H12BrNO2. The van der Waals surface area contributed by atoms with Gasteiger partial charge in [-0.1, -0.05) is 15.9 Å². The Morgan fingerprint density at radius 3 is 3.07 bits per heavy atom. The van der Waals surface area contributed by atoms with E-state index in [2.05, 4.69) is 21.2 Å². The quantitative estimate of drug-likeness (QED) is 0.781. The predicted octanol–water partition coefficient (Wildman–Crippen LogP) is 1.95. The van der Waals surface area contributed by atoms with Crippen molar-refractivity contribution in [3.63, 3.8) is 0 Å². The van der Waals surface area contributed by atoms with E-state index in [1.165, 1.54) is 0 Å². The Balaban J connectivity index is 1.93. The minimum absolute atomic E-state index is 0.138. The third-order valence-electron chi connectivity index (χ3n) is 2.93. The van der Waals surface area contributed by atoms with Crippen LogP contribution in [0.3, 0.4) is 0 Å². The van der Waals surface area contributed by atoms with Crippen LogP contribution in [0.15, 0.2) is 22.7 Å². The zero-order chi connectivity index (χ0) is 10.3. The molecule has 1 fully saturated rings. The van der Waals surface area contributed by atoms with Crippen molar-refractivity contribution in [3.05, 3.63) is 22.7 Å². The van der Waals surface area contributed by atoms with Crippen molar-refractivity contribution in [1.82, 2.24) is 5.32 Å². The van der Waals surface area contributed by atoms with Crippen LogP contribution in [0.25, 0.3) is 0 Å². The average Bonchev–Trinajstić information content (AvgIpc) is 2.67. The minimum Gasteiger partial charge on any atom is -0.485 e. The van der Waals surface area contributed by atoms with Gasteiger partial charge in [-0.3, -0.25) is 0 Å². The van der Waals surface area contributed by atoms with Gasteiger partial charge in [0.25, 0.3) is 0 Å². The lowest BCUT2D eigenvalue weighted by Crippen LogP contribution is -2.46. The molecule has 1 aromatic rings. The first-order valence-corrected chi connectivity index (χ1v) is 5.89. The van der Waals surface area contributed by atoms with Crippen LogP contribution in [-0.4, -0.2) is 25.3 Å². The van der Waals surface area contributed by atoms with Crippen LogP contribution in [0, 0.1) is 0 Å². The molecule has 2 aliphatic rings. The average molecular weight is 270 g/mol. The SMILES string of the molecule is Brc1ccc2c(c1)OCC1(CCNC1)O2. The molecule has 0 aromatic heterocycles. The lowest BCUT2D eigenvalue weighted by Gasteiger charge is -2.34. The van der Waals surface area contributed by atoms with Crippen LogP contribution in [0.2, 0.25) is 0 Å². The molecule has 0 saturated carbocycles. The van der Waals surface area contributed by atoms with E-state index in [0.29, 0.717) is 6.61 Å². The van der Waals surface area contributed by atoms with Gasteiger partial charge in [0.1, 0.15) is 6.61 Å². The fourth-order valence-corrected chi connectivity index (χ4v) is 2.42. The maximum absolute atomic E-state index is 6.03. The summed E-state index contributed by atoms with van der Waals surface area (Å²) in [6.45, 7) is 2.53. The summed E-state index contributed by atoms with van der Waals surface area (Å²) in [5, 5.41) is 3.31. The molecule has 80 valence electrons. The number of halogens is 1.